The summed E-state index contributed by atoms with van der Waals surface area (Å²) in [5.41, 5.74) is 2.10. The minimum absolute atomic E-state index is 0.136. The zero-order valence-electron chi connectivity index (χ0n) is 12.7. The van der Waals surface area contributed by atoms with Gasteiger partial charge in [0.15, 0.2) is 5.17 Å². The Kier molecular flexibility index (Phi) is 4.78. The first-order valence-corrected chi connectivity index (χ1v) is 8.15. The lowest BCUT2D eigenvalue weighted by Crippen LogP contribution is -2.19. The quantitative estimate of drug-likeness (QED) is 0.854. The summed E-state index contributed by atoms with van der Waals surface area (Å²) in [7, 11) is 0. The van der Waals surface area contributed by atoms with Crippen molar-refractivity contribution in [1.82, 2.24) is 5.32 Å². The van der Waals surface area contributed by atoms with Crippen LogP contribution in [0.5, 0.6) is 0 Å². The number of rotatable bonds is 4. The Hall–Kier alpha value is -2.53. The molecule has 0 saturated carbocycles. The predicted molar refractivity (Wildman–Crippen MR) is 94.5 cm³/mol. The van der Waals surface area contributed by atoms with E-state index in [1.54, 1.807) is 24.5 Å². The lowest BCUT2D eigenvalue weighted by molar-refractivity contribution is -0.115. The van der Waals surface area contributed by atoms with Crippen LogP contribution in [0.15, 0.2) is 69.1 Å². The molecule has 2 aromatic rings. The smallest absolute Gasteiger partial charge is 0.264 e. The van der Waals surface area contributed by atoms with E-state index in [0.717, 1.165) is 17.9 Å². The molecule has 1 aromatic heterocycles. The summed E-state index contributed by atoms with van der Waals surface area (Å²) < 4.78 is 5.20. The highest BCUT2D eigenvalue weighted by Gasteiger charge is 2.22. The van der Waals surface area contributed by atoms with Crippen molar-refractivity contribution in [1.29, 1.82) is 0 Å². The van der Waals surface area contributed by atoms with Crippen molar-refractivity contribution < 1.29 is 9.21 Å². The van der Waals surface area contributed by atoms with Gasteiger partial charge in [0.2, 0.25) is 0 Å². The minimum Gasteiger partial charge on any atom is -0.465 e. The third-order valence-corrected chi connectivity index (χ3v) is 4.21. The molecule has 1 saturated heterocycles. The molecular weight excluding hydrogens is 308 g/mol. The number of carbonyl (C=O) groups is 1. The number of nitrogens with zero attached hydrogens (tertiary/aromatic N) is 1. The van der Waals surface area contributed by atoms with Gasteiger partial charge in [0.25, 0.3) is 5.91 Å². The van der Waals surface area contributed by atoms with Crippen LogP contribution < -0.4 is 5.32 Å². The molecule has 1 aliphatic heterocycles. The van der Waals surface area contributed by atoms with E-state index in [-0.39, 0.29) is 5.91 Å². The summed E-state index contributed by atoms with van der Waals surface area (Å²) in [4.78, 5) is 17.0. The number of furan rings is 1. The van der Waals surface area contributed by atoms with Crippen molar-refractivity contribution >= 4 is 34.6 Å². The van der Waals surface area contributed by atoms with E-state index in [1.165, 1.54) is 17.3 Å². The molecule has 1 N–H and O–H groups in total. The maximum atomic E-state index is 11.9. The van der Waals surface area contributed by atoms with Crippen LogP contribution in [0.4, 0.5) is 5.69 Å². The second-order valence-electron chi connectivity index (χ2n) is 4.90. The average molecular weight is 324 g/mol. The molecule has 1 amide bonds. The fourth-order valence-corrected chi connectivity index (χ4v) is 2.83. The van der Waals surface area contributed by atoms with E-state index in [0.29, 0.717) is 10.1 Å². The predicted octanol–water partition coefficient (Wildman–Crippen LogP) is 4.29. The summed E-state index contributed by atoms with van der Waals surface area (Å²) in [6.45, 7) is 2.11. The van der Waals surface area contributed by atoms with E-state index in [4.69, 9.17) is 4.42 Å². The van der Waals surface area contributed by atoms with Crippen molar-refractivity contribution in [3.8, 4) is 0 Å². The van der Waals surface area contributed by atoms with Crippen LogP contribution in [-0.2, 0) is 11.2 Å². The lowest BCUT2D eigenvalue weighted by Gasteiger charge is -1.98. The molecular formula is C18H16N2O2S. The monoisotopic (exact) mass is 324 g/mol. The van der Waals surface area contributed by atoms with E-state index in [9.17, 15) is 4.79 Å². The third kappa shape index (κ3) is 4.02. The van der Waals surface area contributed by atoms with Crippen molar-refractivity contribution in [2.45, 2.75) is 13.3 Å². The molecule has 4 nitrogen and oxygen atoms in total. The fraction of sp³-hybridized carbons (Fsp3) is 0.111. The van der Waals surface area contributed by atoms with Crippen molar-refractivity contribution in [2.24, 2.45) is 4.99 Å². The first-order chi connectivity index (χ1) is 11.2. The van der Waals surface area contributed by atoms with Crippen molar-refractivity contribution in [3.05, 3.63) is 71.0 Å². The van der Waals surface area contributed by atoms with E-state index >= 15 is 0 Å². The number of benzene rings is 1. The molecule has 1 aromatic carbocycles. The Labute approximate surface area is 139 Å². The number of hydrogen-bond acceptors (Lipinski definition) is 4. The Morgan fingerprint density at radius 2 is 2.09 bits per heavy atom. The summed E-state index contributed by atoms with van der Waals surface area (Å²) in [6.07, 6.45) is 7.96. The van der Waals surface area contributed by atoms with Gasteiger partial charge in [-0.25, -0.2) is 4.99 Å². The molecule has 116 valence electrons. The van der Waals surface area contributed by atoms with Gasteiger partial charge in [-0.3, -0.25) is 4.79 Å². The average Bonchev–Trinajstić information content (AvgIpc) is 3.19. The molecule has 0 unspecified atom stereocenters. The normalized spacial score (nSPS) is 18.2. The van der Waals surface area contributed by atoms with E-state index in [2.05, 4.69) is 17.2 Å². The molecule has 3 rings (SSSR count). The SMILES string of the molecule is CCc1ccc(N=C2NC(=O)/C(=C/C=C/c3ccco3)S2)cc1. The number of allylic oxidation sites excluding steroid dienone is 2. The second-order valence-corrected chi connectivity index (χ2v) is 5.93. The van der Waals surface area contributed by atoms with E-state index < -0.39 is 0 Å². The number of nitrogens with one attached hydrogen (secondary N) is 1. The summed E-state index contributed by atoms with van der Waals surface area (Å²) in [5.74, 6) is 0.609. The van der Waals surface area contributed by atoms with Gasteiger partial charge in [-0.1, -0.05) is 25.1 Å². The standard InChI is InChI=1S/C18H16N2O2S/c1-2-13-8-10-14(11-9-13)19-18-20-17(21)16(23-18)7-3-5-15-6-4-12-22-15/h3-12H,2H2,1H3,(H,19,20,21)/b5-3+,16-7-. The molecule has 0 atom stereocenters. The Balaban J connectivity index is 1.69. The molecule has 0 radical (unpaired) electrons. The van der Waals surface area contributed by atoms with E-state index in [1.807, 2.05) is 36.4 Å². The topological polar surface area (TPSA) is 54.6 Å². The van der Waals surface area contributed by atoms with Gasteiger partial charge in [0.05, 0.1) is 16.9 Å². The lowest BCUT2D eigenvalue weighted by atomic mass is 10.2. The number of amides is 1. The van der Waals surface area contributed by atoms with Gasteiger partial charge < -0.3 is 9.73 Å². The Bertz CT molecular complexity index is 772. The molecule has 0 bridgehead atoms. The van der Waals surface area contributed by atoms with Crippen LogP contribution in [0.25, 0.3) is 6.08 Å². The number of amidine groups is 1. The summed E-state index contributed by atoms with van der Waals surface area (Å²) in [6, 6.07) is 11.7. The van der Waals surface area contributed by atoms with Crippen LogP contribution >= 0.6 is 11.8 Å². The van der Waals surface area contributed by atoms with Crippen LogP contribution in [0.3, 0.4) is 0 Å². The molecule has 23 heavy (non-hydrogen) atoms. The van der Waals surface area contributed by atoms with Gasteiger partial charge in [-0.15, -0.1) is 0 Å². The van der Waals surface area contributed by atoms with Crippen molar-refractivity contribution in [3.63, 3.8) is 0 Å². The van der Waals surface area contributed by atoms with Crippen LogP contribution in [-0.4, -0.2) is 11.1 Å². The molecule has 1 aliphatic rings. The Morgan fingerprint density at radius 1 is 1.26 bits per heavy atom. The molecule has 1 fully saturated rings. The third-order valence-electron chi connectivity index (χ3n) is 3.28. The first-order valence-electron chi connectivity index (χ1n) is 7.33. The first kappa shape index (κ1) is 15.4. The van der Waals surface area contributed by atoms with Gasteiger partial charge in [-0.05, 0) is 60.2 Å². The number of carbonyl (C=O) groups excluding carboxylic acids is 1. The number of aryl methyl sites for hydroxylation is 1. The molecule has 5 heteroatoms. The highest BCUT2D eigenvalue weighted by Crippen LogP contribution is 2.26. The number of aliphatic imine (C=N–C) groups is 1. The zero-order chi connectivity index (χ0) is 16.1. The fourth-order valence-electron chi connectivity index (χ4n) is 2.04. The van der Waals surface area contributed by atoms with Crippen molar-refractivity contribution in [2.75, 3.05) is 0 Å². The summed E-state index contributed by atoms with van der Waals surface area (Å²) >= 11 is 1.33. The van der Waals surface area contributed by atoms with Gasteiger partial charge >= 0.3 is 0 Å². The van der Waals surface area contributed by atoms with Crippen LogP contribution in [0.2, 0.25) is 0 Å². The van der Waals surface area contributed by atoms with Crippen LogP contribution in [0.1, 0.15) is 18.2 Å². The second kappa shape index (κ2) is 7.15. The maximum absolute atomic E-state index is 11.9. The largest absolute Gasteiger partial charge is 0.465 e. The van der Waals surface area contributed by atoms with Gasteiger partial charge in [0, 0.05) is 0 Å². The highest BCUT2D eigenvalue weighted by atomic mass is 32.2. The van der Waals surface area contributed by atoms with Gasteiger partial charge in [-0.2, -0.15) is 0 Å². The minimum atomic E-state index is -0.136. The highest BCUT2D eigenvalue weighted by molar-refractivity contribution is 8.18. The molecule has 2 heterocycles. The number of hydrogen-bond donors (Lipinski definition) is 1. The van der Waals surface area contributed by atoms with Gasteiger partial charge in [0.1, 0.15) is 5.76 Å². The molecule has 0 aliphatic carbocycles. The zero-order valence-corrected chi connectivity index (χ0v) is 13.5. The maximum Gasteiger partial charge on any atom is 0.264 e. The number of thioether (sulfide) groups is 1. The Morgan fingerprint density at radius 3 is 2.78 bits per heavy atom. The molecule has 0 spiro atoms. The van der Waals surface area contributed by atoms with Crippen LogP contribution in [0, 0.1) is 0 Å². The summed E-state index contributed by atoms with van der Waals surface area (Å²) in [5, 5.41) is 3.37.